The van der Waals surface area contributed by atoms with E-state index in [1.54, 1.807) is 12.1 Å². The SMILES string of the molecule is [N-]=[N+]=C(C(=O)C=C1CCCCC1)c1ccoc1. The van der Waals surface area contributed by atoms with Crippen LogP contribution in [-0.2, 0) is 4.79 Å². The van der Waals surface area contributed by atoms with Gasteiger partial charge in [-0.3, -0.25) is 4.79 Å². The van der Waals surface area contributed by atoms with Gasteiger partial charge in [-0.25, -0.2) is 0 Å². The molecular formula is C13H14N2O2. The molecule has 1 saturated carbocycles. The molecule has 0 atom stereocenters. The summed E-state index contributed by atoms with van der Waals surface area (Å²) in [5, 5.41) is 0. The van der Waals surface area contributed by atoms with Crippen LogP contribution in [0.5, 0.6) is 0 Å². The van der Waals surface area contributed by atoms with Crippen LogP contribution in [0.25, 0.3) is 5.53 Å². The summed E-state index contributed by atoms with van der Waals surface area (Å²) in [4.78, 5) is 15.0. The minimum Gasteiger partial charge on any atom is -0.472 e. The Bertz CT molecular complexity index is 472. The van der Waals surface area contributed by atoms with Crippen molar-refractivity contribution in [3.63, 3.8) is 0 Å². The fourth-order valence-electron chi connectivity index (χ4n) is 2.05. The Labute approximate surface area is 99.6 Å². The molecule has 0 aromatic carbocycles. The normalized spacial score (nSPS) is 15.2. The predicted molar refractivity (Wildman–Crippen MR) is 62.6 cm³/mol. The first kappa shape index (κ1) is 11.6. The zero-order chi connectivity index (χ0) is 12.1. The van der Waals surface area contributed by atoms with E-state index in [4.69, 9.17) is 9.95 Å². The molecule has 0 radical (unpaired) electrons. The summed E-state index contributed by atoms with van der Waals surface area (Å²) in [5.41, 5.74) is 10.6. The van der Waals surface area contributed by atoms with Gasteiger partial charge in [0.15, 0.2) is 0 Å². The van der Waals surface area contributed by atoms with Crippen LogP contribution in [0, 0.1) is 0 Å². The van der Waals surface area contributed by atoms with Crippen molar-refractivity contribution in [1.82, 2.24) is 0 Å². The van der Waals surface area contributed by atoms with Crippen LogP contribution in [0.1, 0.15) is 37.7 Å². The lowest BCUT2D eigenvalue weighted by Gasteiger charge is -2.12. The summed E-state index contributed by atoms with van der Waals surface area (Å²) in [5.74, 6) is -0.259. The van der Waals surface area contributed by atoms with Crippen LogP contribution in [0.3, 0.4) is 0 Å². The Morgan fingerprint density at radius 1 is 1.35 bits per heavy atom. The van der Waals surface area contributed by atoms with Crippen LogP contribution in [0.4, 0.5) is 0 Å². The second-order valence-corrected chi connectivity index (χ2v) is 4.19. The standard InChI is InChI=1S/C13H14N2O2/c14-15-13(11-6-7-17-9-11)12(16)8-10-4-2-1-3-5-10/h6-9H,1-5H2. The van der Waals surface area contributed by atoms with E-state index in [2.05, 4.69) is 4.79 Å². The molecule has 17 heavy (non-hydrogen) atoms. The lowest BCUT2D eigenvalue weighted by Crippen LogP contribution is -2.14. The molecule has 0 amide bonds. The Morgan fingerprint density at radius 3 is 2.71 bits per heavy atom. The highest BCUT2D eigenvalue weighted by molar-refractivity contribution is 6.47. The third-order valence-corrected chi connectivity index (χ3v) is 2.96. The number of furan rings is 1. The van der Waals surface area contributed by atoms with Crippen LogP contribution in [0.2, 0.25) is 0 Å². The number of carbonyl (C=O) groups is 1. The van der Waals surface area contributed by atoms with Gasteiger partial charge in [0.25, 0.3) is 5.78 Å². The molecular weight excluding hydrogens is 216 g/mol. The monoisotopic (exact) mass is 230 g/mol. The van der Waals surface area contributed by atoms with Gasteiger partial charge in [0.05, 0.1) is 6.26 Å². The molecule has 0 unspecified atom stereocenters. The highest BCUT2D eigenvalue weighted by atomic mass is 16.3. The van der Waals surface area contributed by atoms with E-state index in [0.29, 0.717) is 5.56 Å². The van der Waals surface area contributed by atoms with E-state index in [-0.39, 0.29) is 11.5 Å². The van der Waals surface area contributed by atoms with Gasteiger partial charge < -0.3 is 9.95 Å². The molecule has 0 N–H and O–H groups in total. The van der Waals surface area contributed by atoms with Crippen molar-refractivity contribution in [2.75, 3.05) is 0 Å². The molecule has 1 aromatic rings. The molecule has 1 fully saturated rings. The fourth-order valence-corrected chi connectivity index (χ4v) is 2.05. The van der Waals surface area contributed by atoms with Gasteiger partial charge in [-0.2, -0.15) is 4.79 Å². The van der Waals surface area contributed by atoms with Gasteiger partial charge in [0.1, 0.15) is 11.8 Å². The molecule has 2 rings (SSSR count). The number of nitrogens with zero attached hydrogens (tertiary/aromatic N) is 2. The van der Waals surface area contributed by atoms with Crippen LogP contribution in [0.15, 0.2) is 34.7 Å². The molecule has 88 valence electrons. The van der Waals surface area contributed by atoms with Crippen molar-refractivity contribution in [3.05, 3.63) is 41.3 Å². The van der Waals surface area contributed by atoms with Gasteiger partial charge in [0.2, 0.25) is 0 Å². The van der Waals surface area contributed by atoms with E-state index < -0.39 is 0 Å². The Kier molecular flexibility index (Phi) is 3.68. The third kappa shape index (κ3) is 2.80. The zero-order valence-electron chi connectivity index (χ0n) is 9.56. The number of hydrogen-bond acceptors (Lipinski definition) is 2. The van der Waals surface area contributed by atoms with Crippen LogP contribution < -0.4 is 0 Å². The smallest absolute Gasteiger partial charge is 0.372 e. The molecule has 0 saturated heterocycles. The van der Waals surface area contributed by atoms with Gasteiger partial charge in [-0.05, 0) is 37.8 Å². The molecule has 1 heterocycles. The molecule has 1 aliphatic rings. The topological polar surface area (TPSA) is 66.6 Å². The van der Waals surface area contributed by atoms with Crippen molar-refractivity contribution in [2.45, 2.75) is 32.1 Å². The second kappa shape index (κ2) is 5.41. The van der Waals surface area contributed by atoms with Gasteiger partial charge in [-0.15, -0.1) is 0 Å². The van der Waals surface area contributed by atoms with Crippen molar-refractivity contribution in [2.24, 2.45) is 0 Å². The first-order valence-electron chi connectivity index (χ1n) is 5.79. The predicted octanol–water partition coefficient (Wildman–Crippen LogP) is 2.76. The maximum atomic E-state index is 11.9. The number of carbonyl (C=O) groups excluding carboxylic acids is 1. The number of allylic oxidation sites excluding steroid dienone is 2. The van der Waals surface area contributed by atoms with Crippen LogP contribution >= 0.6 is 0 Å². The highest BCUT2D eigenvalue weighted by Crippen LogP contribution is 2.22. The summed E-state index contributed by atoms with van der Waals surface area (Å²) in [6.45, 7) is 0. The maximum Gasteiger partial charge on any atom is 0.372 e. The fraction of sp³-hybridized carbons (Fsp3) is 0.385. The lowest BCUT2D eigenvalue weighted by atomic mass is 9.93. The van der Waals surface area contributed by atoms with Crippen molar-refractivity contribution >= 4 is 11.5 Å². The average Bonchev–Trinajstić information content (AvgIpc) is 2.85. The molecule has 4 nitrogen and oxygen atoms in total. The van der Waals surface area contributed by atoms with Crippen molar-refractivity contribution in [3.8, 4) is 0 Å². The summed E-state index contributed by atoms with van der Waals surface area (Å²) < 4.78 is 4.87. The average molecular weight is 230 g/mol. The van der Waals surface area contributed by atoms with Gasteiger partial charge in [0, 0.05) is 0 Å². The molecule has 0 bridgehead atoms. The summed E-state index contributed by atoms with van der Waals surface area (Å²) in [6.07, 6.45) is 9.88. The number of rotatable bonds is 3. The first-order chi connectivity index (χ1) is 8.31. The number of ketones is 1. The van der Waals surface area contributed by atoms with Crippen molar-refractivity contribution < 1.29 is 14.0 Å². The largest absolute Gasteiger partial charge is 0.472 e. The highest BCUT2D eigenvalue weighted by Gasteiger charge is 2.22. The Morgan fingerprint density at radius 2 is 2.12 bits per heavy atom. The van der Waals surface area contributed by atoms with Gasteiger partial charge in [-0.1, -0.05) is 12.0 Å². The summed E-state index contributed by atoms with van der Waals surface area (Å²) in [6, 6.07) is 1.60. The quantitative estimate of drug-likeness (QED) is 0.347. The van der Waals surface area contributed by atoms with E-state index in [9.17, 15) is 4.79 Å². The molecule has 0 spiro atoms. The second-order valence-electron chi connectivity index (χ2n) is 4.19. The van der Waals surface area contributed by atoms with E-state index in [0.717, 1.165) is 31.3 Å². The lowest BCUT2D eigenvalue weighted by molar-refractivity contribution is -0.112. The molecule has 1 aliphatic carbocycles. The zero-order valence-corrected chi connectivity index (χ0v) is 9.56. The first-order valence-corrected chi connectivity index (χ1v) is 5.79. The molecule has 0 aliphatic heterocycles. The Hall–Kier alpha value is -1.93. The van der Waals surface area contributed by atoms with Crippen LogP contribution in [-0.4, -0.2) is 16.3 Å². The minimum atomic E-state index is -0.259. The van der Waals surface area contributed by atoms with Crippen molar-refractivity contribution in [1.29, 1.82) is 0 Å². The third-order valence-electron chi connectivity index (χ3n) is 2.96. The molecule has 4 heteroatoms. The van der Waals surface area contributed by atoms with E-state index in [1.807, 2.05) is 0 Å². The maximum absolute atomic E-state index is 11.9. The van der Waals surface area contributed by atoms with Gasteiger partial charge >= 0.3 is 5.71 Å². The van der Waals surface area contributed by atoms with E-state index >= 15 is 0 Å². The Balaban J connectivity index is 2.16. The molecule has 1 aromatic heterocycles. The minimum absolute atomic E-state index is 0.0387. The number of hydrogen-bond donors (Lipinski definition) is 0. The summed E-state index contributed by atoms with van der Waals surface area (Å²) in [7, 11) is 0. The summed E-state index contributed by atoms with van der Waals surface area (Å²) >= 11 is 0. The van der Waals surface area contributed by atoms with E-state index in [1.165, 1.54) is 18.9 Å².